The highest BCUT2D eigenvalue weighted by molar-refractivity contribution is 9.10. The molecule has 0 spiro atoms. The number of rotatable bonds is 3. The van der Waals surface area contributed by atoms with E-state index in [2.05, 4.69) is 26.2 Å². The average molecular weight is 356 g/mol. The normalized spacial score (nSPS) is 10.1. The number of aromatic nitrogens is 1. The molecule has 0 bridgehead atoms. The van der Waals surface area contributed by atoms with Crippen molar-refractivity contribution >= 4 is 45.1 Å². The molecule has 2 aromatic rings. The molecule has 0 atom stereocenters. The van der Waals surface area contributed by atoms with Crippen LogP contribution < -0.4 is 5.32 Å². The first kappa shape index (κ1) is 14.5. The molecule has 0 aliphatic carbocycles. The lowest BCUT2D eigenvalue weighted by Gasteiger charge is -2.06. The molecular weight excluding hydrogens is 348 g/mol. The second kappa shape index (κ2) is 6.02. The summed E-state index contributed by atoms with van der Waals surface area (Å²) >= 11 is 9.16. The molecule has 1 heterocycles. The van der Waals surface area contributed by atoms with Gasteiger partial charge in [0.2, 0.25) is 0 Å². The summed E-state index contributed by atoms with van der Waals surface area (Å²) in [6.45, 7) is 0. The van der Waals surface area contributed by atoms with Gasteiger partial charge in [-0.25, -0.2) is 9.78 Å². The molecule has 0 saturated heterocycles. The van der Waals surface area contributed by atoms with Crippen LogP contribution in [0, 0.1) is 0 Å². The van der Waals surface area contributed by atoms with E-state index in [4.69, 9.17) is 16.7 Å². The fraction of sp³-hybridized carbons (Fsp3) is 0. The number of carboxylic acids is 1. The summed E-state index contributed by atoms with van der Waals surface area (Å²) in [5.74, 6) is -1.70. The number of halogens is 2. The summed E-state index contributed by atoms with van der Waals surface area (Å²) in [7, 11) is 0. The van der Waals surface area contributed by atoms with Crippen LogP contribution in [0.3, 0.4) is 0 Å². The summed E-state index contributed by atoms with van der Waals surface area (Å²) in [6.07, 6.45) is 0. The Morgan fingerprint density at radius 2 is 1.90 bits per heavy atom. The Bertz CT molecular complexity index is 691. The number of aromatic carboxylic acids is 1. The minimum absolute atomic E-state index is 0.0175. The van der Waals surface area contributed by atoms with Gasteiger partial charge in [0, 0.05) is 10.2 Å². The zero-order valence-electron chi connectivity index (χ0n) is 9.93. The lowest BCUT2D eigenvalue weighted by atomic mass is 10.2. The number of hydrogen-bond acceptors (Lipinski definition) is 3. The van der Waals surface area contributed by atoms with Crippen LogP contribution in [0.25, 0.3) is 0 Å². The number of carbonyl (C=O) groups is 2. The summed E-state index contributed by atoms with van der Waals surface area (Å²) < 4.78 is 0.711. The molecule has 0 fully saturated rings. The van der Waals surface area contributed by atoms with Gasteiger partial charge in [-0.05, 0) is 46.3 Å². The van der Waals surface area contributed by atoms with E-state index in [1.54, 1.807) is 18.2 Å². The quantitative estimate of drug-likeness (QED) is 0.884. The van der Waals surface area contributed by atoms with Gasteiger partial charge < -0.3 is 10.4 Å². The Balaban J connectivity index is 2.21. The van der Waals surface area contributed by atoms with E-state index in [1.165, 1.54) is 18.2 Å². The van der Waals surface area contributed by atoms with Gasteiger partial charge in [0.25, 0.3) is 5.91 Å². The number of carboxylic acid groups (broad SMARTS) is 1. The number of benzene rings is 1. The molecule has 1 aromatic heterocycles. The van der Waals surface area contributed by atoms with Gasteiger partial charge in [0.05, 0.1) is 5.02 Å². The van der Waals surface area contributed by atoms with Gasteiger partial charge in [-0.3, -0.25) is 4.79 Å². The molecule has 102 valence electrons. The number of amides is 1. The first-order chi connectivity index (χ1) is 9.47. The Morgan fingerprint density at radius 1 is 1.20 bits per heavy atom. The minimum Gasteiger partial charge on any atom is -0.477 e. The molecule has 2 N–H and O–H groups in total. The van der Waals surface area contributed by atoms with Gasteiger partial charge in [-0.2, -0.15) is 0 Å². The highest BCUT2D eigenvalue weighted by atomic mass is 79.9. The Hall–Kier alpha value is -1.92. The smallest absolute Gasteiger partial charge is 0.354 e. The van der Waals surface area contributed by atoms with Crippen LogP contribution in [0.4, 0.5) is 5.69 Å². The number of carbonyl (C=O) groups excluding carboxylic acids is 1. The van der Waals surface area contributed by atoms with Gasteiger partial charge >= 0.3 is 5.97 Å². The summed E-state index contributed by atoms with van der Waals surface area (Å²) in [4.78, 5) is 26.5. The molecule has 0 unspecified atom stereocenters. The minimum atomic E-state index is -1.19. The molecule has 7 heteroatoms. The van der Waals surface area contributed by atoms with Crippen molar-refractivity contribution < 1.29 is 14.7 Å². The van der Waals surface area contributed by atoms with Crippen molar-refractivity contribution in [1.29, 1.82) is 0 Å². The first-order valence-corrected chi connectivity index (χ1v) is 6.61. The Labute approximate surface area is 127 Å². The van der Waals surface area contributed by atoms with Crippen molar-refractivity contribution in [3.8, 4) is 0 Å². The van der Waals surface area contributed by atoms with Crippen molar-refractivity contribution in [2.24, 2.45) is 0 Å². The van der Waals surface area contributed by atoms with Crippen LogP contribution in [-0.4, -0.2) is 22.0 Å². The van der Waals surface area contributed by atoms with E-state index in [9.17, 15) is 9.59 Å². The number of hydrogen-bond donors (Lipinski definition) is 2. The van der Waals surface area contributed by atoms with Crippen LogP contribution in [0.15, 0.2) is 40.9 Å². The van der Waals surface area contributed by atoms with Crippen molar-refractivity contribution in [1.82, 2.24) is 4.98 Å². The van der Waals surface area contributed by atoms with Crippen LogP contribution >= 0.6 is 27.5 Å². The van der Waals surface area contributed by atoms with Gasteiger partial charge in [-0.1, -0.05) is 17.7 Å². The van der Waals surface area contributed by atoms with E-state index in [1.807, 2.05) is 0 Å². The molecule has 1 amide bonds. The van der Waals surface area contributed by atoms with Gasteiger partial charge in [-0.15, -0.1) is 0 Å². The van der Waals surface area contributed by atoms with Crippen molar-refractivity contribution in [2.75, 3.05) is 5.32 Å². The SMILES string of the molecule is O=C(O)c1cccc(C(=O)Nc2ccc(Br)c(Cl)c2)n1. The van der Waals surface area contributed by atoms with Crippen molar-refractivity contribution in [3.63, 3.8) is 0 Å². The standard InChI is InChI=1S/C13H8BrClN2O3/c14-8-5-4-7(6-9(8)15)16-12(18)10-2-1-3-11(17-10)13(19)20/h1-6H,(H,16,18)(H,19,20). The van der Waals surface area contributed by atoms with Gasteiger partial charge in [0.1, 0.15) is 11.4 Å². The molecule has 20 heavy (non-hydrogen) atoms. The number of nitrogens with zero attached hydrogens (tertiary/aromatic N) is 1. The summed E-state index contributed by atoms with van der Waals surface area (Å²) in [6, 6.07) is 9.14. The van der Waals surface area contributed by atoms with Crippen LogP contribution in [-0.2, 0) is 0 Å². The number of pyridine rings is 1. The largest absolute Gasteiger partial charge is 0.477 e. The molecule has 0 radical (unpaired) electrons. The van der Waals surface area contributed by atoms with Crippen LogP contribution in [0.1, 0.15) is 21.0 Å². The molecule has 0 saturated carbocycles. The molecule has 2 rings (SSSR count). The molecule has 5 nitrogen and oxygen atoms in total. The maximum Gasteiger partial charge on any atom is 0.354 e. The molecule has 0 aliphatic heterocycles. The van der Waals surface area contributed by atoms with Gasteiger partial charge in [0.15, 0.2) is 0 Å². The van der Waals surface area contributed by atoms with Crippen LogP contribution in [0.5, 0.6) is 0 Å². The highest BCUT2D eigenvalue weighted by Gasteiger charge is 2.12. The number of nitrogens with one attached hydrogen (secondary N) is 1. The van der Waals surface area contributed by atoms with E-state index in [-0.39, 0.29) is 11.4 Å². The maximum absolute atomic E-state index is 12.0. The zero-order chi connectivity index (χ0) is 14.7. The zero-order valence-corrected chi connectivity index (χ0v) is 12.3. The maximum atomic E-state index is 12.0. The van der Waals surface area contributed by atoms with E-state index < -0.39 is 11.9 Å². The first-order valence-electron chi connectivity index (χ1n) is 5.44. The Kier molecular flexibility index (Phi) is 4.36. The third-order valence-corrected chi connectivity index (χ3v) is 3.61. The van der Waals surface area contributed by atoms with Crippen molar-refractivity contribution in [2.45, 2.75) is 0 Å². The average Bonchev–Trinajstić information content (AvgIpc) is 2.43. The molecular formula is C13H8BrClN2O3. The number of anilines is 1. The highest BCUT2D eigenvalue weighted by Crippen LogP contribution is 2.25. The van der Waals surface area contributed by atoms with E-state index >= 15 is 0 Å². The monoisotopic (exact) mass is 354 g/mol. The third-order valence-electron chi connectivity index (χ3n) is 2.38. The lowest BCUT2D eigenvalue weighted by Crippen LogP contribution is -2.15. The summed E-state index contributed by atoms with van der Waals surface area (Å²) in [5.41, 5.74) is 0.321. The van der Waals surface area contributed by atoms with Crippen molar-refractivity contribution in [3.05, 3.63) is 57.3 Å². The second-order valence-corrected chi connectivity index (χ2v) is 5.06. The Morgan fingerprint density at radius 3 is 2.55 bits per heavy atom. The summed E-state index contributed by atoms with van der Waals surface area (Å²) in [5, 5.41) is 11.9. The van der Waals surface area contributed by atoms with Crippen LogP contribution in [0.2, 0.25) is 5.02 Å². The molecule has 0 aliphatic rings. The predicted molar refractivity (Wildman–Crippen MR) is 78.3 cm³/mol. The lowest BCUT2D eigenvalue weighted by molar-refractivity contribution is 0.0690. The fourth-order valence-corrected chi connectivity index (χ4v) is 1.88. The topological polar surface area (TPSA) is 79.3 Å². The molecule has 1 aromatic carbocycles. The van der Waals surface area contributed by atoms with E-state index in [0.29, 0.717) is 15.2 Å². The predicted octanol–water partition coefficient (Wildman–Crippen LogP) is 3.45. The third kappa shape index (κ3) is 3.34. The second-order valence-electron chi connectivity index (χ2n) is 3.80. The fourth-order valence-electron chi connectivity index (χ4n) is 1.45. The van der Waals surface area contributed by atoms with E-state index in [0.717, 1.165) is 0 Å².